The van der Waals surface area contributed by atoms with E-state index >= 15 is 0 Å². The van der Waals surface area contributed by atoms with Crippen LogP contribution in [0.25, 0.3) is 0 Å². The summed E-state index contributed by atoms with van der Waals surface area (Å²) in [4.78, 5) is 0. The number of nitrogens with zero attached hydrogens (tertiary/aromatic N) is 2. The molecule has 1 aromatic rings. The summed E-state index contributed by atoms with van der Waals surface area (Å²) < 4.78 is 1.82. The minimum Gasteiger partial charge on any atom is -0.392 e. The zero-order chi connectivity index (χ0) is 9.84. The van der Waals surface area contributed by atoms with Crippen molar-refractivity contribution in [3.8, 4) is 11.8 Å². The summed E-state index contributed by atoms with van der Waals surface area (Å²) >= 11 is 0. The van der Waals surface area contributed by atoms with Gasteiger partial charge in [-0.25, -0.2) is 0 Å². The summed E-state index contributed by atoms with van der Waals surface area (Å²) in [5.74, 6) is 5.76. The summed E-state index contributed by atoms with van der Waals surface area (Å²) in [5, 5.41) is 13.3. The number of aromatic nitrogens is 2. The standard InChI is InChI=1S/C10H14N2O/c1-4-5-6-12-9(3)10(7-13)8(2)11-12/h13H,6-7H2,1-3H3. The van der Waals surface area contributed by atoms with Gasteiger partial charge in [-0.3, -0.25) is 4.68 Å². The Morgan fingerprint density at radius 2 is 2.15 bits per heavy atom. The Bertz CT molecular complexity index is 355. The van der Waals surface area contributed by atoms with Crippen LogP contribution in [0.4, 0.5) is 0 Å². The molecule has 0 bridgehead atoms. The average Bonchev–Trinajstić information content (AvgIpc) is 2.38. The lowest BCUT2D eigenvalue weighted by atomic mass is 10.2. The summed E-state index contributed by atoms with van der Waals surface area (Å²) in [6, 6.07) is 0. The van der Waals surface area contributed by atoms with Crippen molar-refractivity contribution in [3.05, 3.63) is 17.0 Å². The van der Waals surface area contributed by atoms with Gasteiger partial charge in [0.05, 0.1) is 12.3 Å². The van der Waals surface area contributed by atoms with E-state index in [0.29, 0.717) is 6.54 Å². The fourth-order valence-corrected chi connectivity index (χ4v) is 1.27. The second-order valence-corrected chi connectivity index (χ2v) is 2.89. The minimum atomic E-state index is 0.0528. The monoisotopic (exact) mass is 178 g/mol. The van der Waals surface area contributed by atoms with Gasteiger partial charge in [0.25, 0.3) is 0 Å². The summed E-state index contributed by atoms with van der Waals surface area (Å²) in [6.45, 7) is 6.30. The lowest BCUT2D eigenvalue weighted by molar-refractivity contribution is 0.280. The van der Waals surface area contributed by atoms with Crippen molar-refractivity contribution in [1.29, 1.82) is 0 Å². The number of hydrogen-bond donors (Lipinski definition) is 1. The van der Waals surface area contributed by atoms with Crippen molar-refractivity contribution in [2.24, 2.45) is 0 Å². The van der Waals surface area contributed by atoms with Crippen LogP contribution in [0, 0.1) is 25.7 Å². The van der Waals surface area contributed by atoms with Crippen molar-refractivity contribution < 1.29 is 5.11 Å². The third-order valence-electron chi connectivity index (χ3n) is 2.10. The highest BCUT2D eigenvalue weighted by Crippen LogP contribution is 2.11. The van der Waals surface area contributed by atoms with Crippen LogP contribution in [0.2, 0.25) is 0 Å². The largest absolute Gasteiger partial charge is 0.392 e. The van der Waals surface area contributed by atoms with E-state index in [1.54, 1.807) is 6.92 Å². The number of aliphatic hydroxyl groups excluding tert-OH is 1. The molecule has 70 valence electrons. The van der Waals surface area contributed by atoms with Crippen LogP contribution in [0.5, 0.6) is 0 Å². The maximum atomic E-state index is 9.05. The summed E-state index contributed by atoms with van der Waals surface area (Å²) in [7, 11) is 0. The number of aryl methyl sites for hydroxylation is 1. The van der Waals surface area contributed by atoms with E-state index in [-0.39, 0.29) is 6.61 Å². The average molecular weight is 178 g/mol. The number of rotatable bonds is 2. The zero-order valence-electron chi connectivity index (χ0n) is 8.26. The molecule has 0 aliphatic carbocycles. The lowest BCUT2D eigenvalue weighted by Crippen LogP contribution is -2.00. The molecule has 13 heavy (non-hydrogen) atoms. The minimum absolute atomic E-state index is 0.0528. The smallest absolute Gasteiger partial charge is 0.102 e. The molecule has 0 radical (unpaired) electrons. The van der Waals surface area contributed by atoms with Gasteiger partial charge in [-0.1, -0.05) is 5.92 Å². The fraction of sp³-hybridized carbons (Fsp3) is 0.500. The van der Waals surface area contributed by atoms with Crippen molar-refractivity contribution >= 4 is 0 Å². The van der Waals surface area contributed by atoms with Crippen molar-refractivity contribution in [2.45, 2.75) is 33.9 Å². The first-order chi connectivity index (χ1) is 6.20. The molecule has 1 heterocycles. The maximum absolute atomic E-state index is 9.05. The van der Waals surface area contributed by atoms with Gasteiger partial charge in [-0.05, 0) is 20.8 Å². The second kappa shape index (κ2) is 4.11. The van der Waals surface area contributed by atoms with Crippen LogP contribution in [-0.4, -0.2) is 14.9 Å². The molecular formula is C10H14N2O. The highest BCUT2D eigenvalue weighted by Gasteiger charge is 2.08. The summed E-state index contributed by atoms with van der Waals surface area (Å²) in [5.41, 5.74) is 2.80. The van der Waals surface area contributed by atoms with Crippen LogP contribution >= 0.6 is 0 Å². The van der Waals surface area contributed by atoms with Gasteiger partial charge in [-0.2, -0.15) is 5.10 Å². The Morgan fingerprint density at radius 1 is 1.46 bits per heavy atom. The van der Waals surface area contributed by atoms with Crippen LogP contribution in [0.15, 0.2) is 0 Å². The van der Waals surface area contributed by atoms with Gasteiger partial charge in [0.15, 0.2) is 0 Å². The van der Waals surface area contributed by atoms with E-state index in [0.717, 1.165) is 17.0 Å². The number of aliphatic hydroxyl groups is 1. The van der Waals surface area contributed by atoms with Gasteiger partial charge in [0.1, 0.15) is 6.54 Å². The first-order valence-corrected chi connectivity index (χ1v) is 4.24. The van der Waals surface area contributed by atoms with E-state index < -0.39 is 0 Å². The normalized spacial score (nSPS) is 9.54. The highest BCUT2D eigenvalue weighted by molar-refractivity contribution is 5.23. The van der Waals surface area contributed by atoms with E-state index in [1.165, 1.54) is 0 Å². The van der Waals surface area contributed by atoms with Crippen LogP contribution in [-0.2, 0) is 13.2 Å². The maximum Gasteiger partial charge on any atom is 0.102 e. The Balaban J connectivity index is 3.00. The zero-order valence-corrected chi connectivity index (χ0v) is 8.26. The molecule has 0 spiro atoms. The van der Waals surface area contributed by atoms with Gasteiger partial charge in [0.2, 0.25) is 0 Å². The van der Waals surface area contributed by atoms with Crippen molar-refractivity contribution in [2.75, 3.05) is 0 Å². The molecule has 1 rings (SSSR count). The predicted molar refractivity (Wildman–Crippen MR) is 51.1 cm³/mol. The van der Waals surface area contributed by atoms with Crippen LogP contribution < -0.4 is 0 Å². The number of hydrogen-bond acceptors (Lipinski definition) is 2. The van der Waals surface area contributed by atoms with E-state index in [2.05, 4.69) is 16.9 Å². The molecule has 0 aliphatic rings. The Labute approximate surface area is 78.4 Å². The molecule has 3 heteroatoms. The predicted octanol–water partition coefficient (Wildman–Crippen LogP) is 1.02. The molecule has 0 atom stereocenters. The molecule has 1 aromatic heterocycles. The topological polar surface area (TPSA) is 38.0 Å². The van der Waals surface area contributed by atoms with Crippen LogP contribution in [0.1, 0.15) is 23.9 Å². The molecule has 0 amide bonds. The molecule has 3 nitrogen and oxygen atoms in total. The molecule has 0 aromatic carbocycles. The summed E-state index contributed by atoms with van der Waals surface area (Å²) in [6.07, 6.45) is 0. The first kappa shape index (κ1) is 9.82. The Kier molecular flexibility index (Phi) is 3.10. The van der Waals surface area contributed by atoms with Gasteiger partial charge < -0.3 is 5.11 Å². The molecule has 0 saturated carbocycles. The van der Waals surface area contributed by atoms with E-state index in [1.807, 2.05) is 18.5 Å². The first-order valence-electron chi connectivity index (χ1n) is 4.24. The van der Waals surface area contributed by atoms with E-state index in [4.69, 9.17) is 5.11 Å². The van der Waals surface area contributed by atoms with E-state index in [9.17, 15) is 0 Å². The van der Waals surface area contributed by atoms with Gasteiger partial charge >= 0.3 is 0 Å². The Morgan fingerprint density at radius 3 is 2.62 bits per heavy atom. The third kappa shape index (κ3) is 1.90. The molecule has 1 N–H and O–H groups in total. The molecule has 0 aliphatic heterocycles. The quantitative estimate of drug-likeness (QED) is 0.686. The molecule has 0 saturated heterocycles. The van der Waals surface area contributed by atoms with Crippen molar-refractivity contribution in [3.63, 3.8) is 0 Å². The second-order valence-electron chi connectivity index (χ2n) is 2.89. The molecular weight excluding hydrogens is 164 g/mol. The molecule has 0 unspecified atom stereocenters. The van der Waals surface area contributed by atoms with Crippen molar-refractivity contribution in [1.82, 2.24) is 9.78 Å². The van der Waals surface area contributed by atoms with Crippen LogP contribution in [0.3, 0.4) is 0 Å². The third-order valence-corrected chi connectivity index (χ3v) is 2.10. The highest BCUT2D eigenvalue weighted by atomic mass is 16.3. The lowest BCUT2D eigenvalue weighted by Gasteiger charge is -1.98. The van der Waals surface area contributed by atoms with Gasteiger partial charge in [-0.15, -0.1) is 5.92 Å². The van der Waals surface area contributed by atoms with Gasteiger partial charge in [0, 0.05) is 11.3 Å². The molecule has 0 fully saturated rings. The Hall–Kier alpha value is -1.27. The fourth-order valence-electron chi connectivity index (χ4n) is 1.27. The SMILES string of the molecule is CC#CCn1nc(C)c(CO)c1C.